The van der Waals surface area contributed by atoms with Crippen LogP contribution in [0.4, 0.5) is 10.5 Å². The molecular formula is C9H14N4O3S. The fraction of sp³-hybridized carbons (Fsp3) is 0.444. The SMILES string of the molecule is CSCCNC(=O)Nc1cnn(CC(=O)O)c1. The van der Waals surface area contributed by atoms with Gasteiger partial charge in [-0.05, 0) is 6.26 Å². The standard InChI is InChI=1S/C9H14N4O3S/c1-17-3-2-10-9(16)12-7-4-11-13(5-7)6-8(14)15/h4-5H,2-3,6H2,1H3,(H,14,15)(H2,10,12,16). The number of nitrogens with zero attached hydrogens (tertiary/aromatic N) is 2. The number of urea groups is 1. The summed E-state index contributed by atoms with van der Waals surface area (Å²) in [5.41, 5.74) is 0.466. The van der Waals surface area contributed by atoms with Gasteiger partial charge in [-0.1, -0.05) is 0 Å². The predicted molar refractivity (Wildman–Crippen MR) is 65.3 cm³/mol. The van der Waals surface area contributed by atoms with E-state index < -0.39 is 5.97 Å². The number of thioether (sulfide) groups is 1. The van der Waals surface area contributed by atoms with Gasteiger partial charge in [0.05, 0.1) is 11.9 Å². The van der Waals surface area contributed by atoms with Crippen LogP contribution in [-0.4, -0.2) is 45.4 Å². The van der Waals surface area contributed by atoms with E-state index in [2.05, 4.69) is 15.7 Å². The van der Waals surface area contributed by atoms with Gasteiger partial charge in [0.15, 0.2) is 0 Å². The van der Waals surface area contributed by atoms with E-state index in [1.54, 1.807) is 11.8 Å². The highest BCUT2D eigenvalue weighted by Gasteiger charge is 2.05. The Morgan fingerprint density at radius 1 is 1.59 bits per heavy atom. The number of aliphatic carboxylic acids is 1. The molecule has 3 N–H and O–H groups in total. The van der Waals surface area contributed by atoms with E-state index in [1.165, 1.54) is 17.1 Å². The lowest BCUT2D eigenvalue weighted by Crippen LogP contribution is -2.30. The summed E-state index contributed by atoms with van der Waals surface area (Å²) in [6, 6.07) is -0.325. The molecule has 0 aliphatic rings. The monoisotopic (exact) mass is 258 g/mol. The Kier molecular flexibility index (Phi) is 5.34. The topological polar surface area (TPSA) is 96.3 Å². The number of hydrogen-bond donors (Lipinski definition) is 3. The van der Waals surface area contributed by atoms with Crippen LogP contribution in [0.5, 0.6) is 0 Å². The smallest absolute Gasteiger partial charge is 0.325 e. The Labute approximate surface area is 103 Å². The normalized spacial score (nSPS) is 9.94. The highest BCUT2D eigenvalue weighted by Crippen LogP contribution is 2.04. The Morgan fingerprint density at radius 2 is 2.35 bits per heavy atom. The van der Waals surface area contributed by atoms with Crippen LogP contribution < -0.4 is 10.6 Å². The van der Waals surface area contributed by atoms with E-state index in [0.717, 1.165) is 5.75 Å². The highest BCUT2D eigenvalue weighted by atomic mass is 32.2. The van der Waals surface area contributed by atoms with Gasteiger partial charge >= 0.3 is 12.0 Å². The van der Waals surface area contributed by atoms with Gasteiger partial charge in [-0.25, -0.2) is 4.79 Å². The second-order valence-electron chi connectivity index (χ2n) is 3.19. The van der Waals surface area contributed by atoms with Crippen LogP contribution in [0.1, 0.15) is 0 Å². The number of nitrogens with one attached hydrogen (secondary N) is 2. The second-order valence-corrected chi connectivity index (χ2v) is 4.18. The van der Waals surface area contributed by atoms with Crippen LogP contribution in [0.25, 0.3) is 0 Å². The fourth-order valence-electron chi connectivity index (χ4n) is 1.10. The van der Waals surface area contributed by atoms with Crippen LogP contribution in [0.2, 0.25) is 0 Å². The number of hydrogen-bond acceptors (Lipinski definition) is 4. The summed E-state index contributed by atoms with van der Waals surface area (Å²) in [6.07, 6.45) is 4.81. The maximum atomic E-state index is 11.3. The molecule has 2 amide bonds. The molecule has 1 heterocycles. The lowest BCUT2D eigenvalue weighted by atomic mass is 10.5. The second kappa shape index (κ2) is 6.79. The molecule has 0 aliphatic heterocycles. The van der Waals surface area contributed by atoms with E-state index in [9.17, 15) is 9.59 Å². The molecule has 0 saturated heterocycles. The highest BCUT2D eigenvalue weighted by molar-refractivity contribution is 7.98. The molecular weight excluding hydrogens is 244 g/mol. The molecule has 1 aromatic rings. The van der Waals surface area contributed by atoms with Crippen molar-refractivity contribution >= 4 is 29.4 Å². The molecule has 0 bridgehead atoms. The Morgan fingerprint density at radius 3 is 3.00 bits per heavy atom. The van der Waals surface area contributed by atoms with Crippen molar-refractivity contribution in [1.29, 1.82) is 0 Å². The van der Waals surface area contributed by atoms with Crippen molar-refractivity contribution in [1.82, 2.24) is 15.1 Å². The van der Waals surface area contributed by atoms with Crippen LogP contribution in [0.15, 0.2) is 12.4 Å². The fourth-order valence-corrected chi connectivity index (χ4v) is 1.40. The van der Waals surface area contributed by atoms with Gasteiger partial charge in [0.2, 0.25) is 0 Å². The summed E-state index contributed by atoms with van der Waals surface area (Å²) < 4.78 is 1.24. The average Bonchev–Trinajstić information content (AvgIpc) is 2.64. The summed E-state index contributed by atoms with van der Waals surface area (Å²) in [5.74, 6) is -0.143. The zero-order valence-corrected chi connectivity index (χ0v) is 10.2. The first kappa shape index (κ1) is 13.4. The number of anilines is 1. The van der Waals surface area contributed by atoms with Crippen LogP contribution in [0.3, 0.4) is 0 Å². The van der Waals surface area contributed by atoms with Crippen molar-refractivity contribution in [2.75, 3.05) is 23.9 Å². The van der Waals surface area contributed by atoms with Crippen molar-refractivity contribution in [3.8, 4) is 0 Å². The summed E-state index contributed by atoms with van der Waals surface area (Å²) >= 11 is 1.64. The predicted octanol–water partition coefficient (Wildman–Crippen LogP) is 0.452. The summed E-state index contributed by atoms with van der Waals surface area (Å²) in [6.45, 7) is 0.353. The minimum atomic E-state index is -0.982. The van der Waals surface area contributed by atoms with Crippen molar-refractivity contribution in [2.24, 2.45) is 0 Å². The molecule has 0 aliphatic carbocycles. The van der Waals surface area contributed by atoms with E-state index in [1.807, 2.05) is 6.26 Å². The van der Waals surface area contributed by atoms with Gasteiger partial charge in [-0.15, -0.1) is 0 Å². The number of carboxylic acid groups (broad SMARTS) is 1. The van der Waals surface area contributed by atoms with Crippen molar-refractivity contribution in [3.63, 3.8) is 0 Å². The number of carbonyl (C=O) groups is 2. The lowest BCUT2D eigenvalue weighted by molar-refractivity contribution is -0.137. The molecule has 1 aromatic heterocycles. The number of carbonyl (C=O) groups excluding carboxylic acids is 1. The van der Waals surface area contributed by atoms with Crippen molar-refractivity contribution in [2.45, 2.75) is 6.54 Å². The third-order valence-corrected chi connectivity index (χ3v) is 2.39. The lowest BCUT2D eigenvalue weighted by Gasteiger charge is -2.04. The molecule has 94 valence electrons. The van der Waals surface area contributed by atoms with Gasteiger partial charge < -0.3 is 15.7 Å². The maximum Gasteiger partial charge on any atom is 0.325 e. The average molecular weight is 258 g/mol. The van der Waals surface area contributed by atoms with E-state index >= 15 is 0 Å². The third-order valence-electron chi connectivity index (χ3n) is 1.78. The Hall–Kier alpha value is -1.70. The molecule has 0 radical (unpaired) electrons. The molecule has 8 heteroatoms. The van der Waals surface area contributed by atoms with Crippen LogP contribution >= 0.6 is 11.8 Å². The molecule has 0 fully saturated rings. The molecule has 0 unspecified atom stereocenters. The van der Waals surface area contributed by atoms with Crippen LogP contribution in [0, 0.1) is 0 Å². The summed E-state index contributed by atoms with van der Waals surface area (Å²) in [4.78, 5) is 21.7. The molecule has 1 rings (SSSR count). The first-order valence-electron chi connectivity index (χ1n) is 4.90. The van der Waals surface area contributed by atoms with E-state index in [4.69, 9.17) is 5.11 Å². The van der Waals surface area contributed by atoms with Gasteiger partial charge in [-0.2, -0.15) is 16.9 Å². The minimum Gasteiger partial charge on any atom is -0.480 e. The zero-order valence-electron chi connectivity index (χ0n) is 9.34. The van der Waals surface area contributed by atoms with Gasteiger partial charge in [0, 0.05) is 18.5 Å². The number of carboxylic acids is 1. The summed E-state index contributed by atoms with van der Waals surface area (Å²) in [5, 5.41) is 17.6. The van der Waals surface area contributed by atoms with Gasteiger partial charge in [0.25, 0.3) is 0 Å². The minimum absolute atomic E-state index is 0.226. The Balaban J connectivity index is 2.38. The first-order valence-corrected chi connectivity index (χ1v) is 6.29. The zero-order chi connectivity index (χ0) is 12.7. The van der Waals surface area contributed by atoms with Crippen LogP contribution in [-0.2, 0) is 11.3 Å². The van der Waals surface area contributed by atoms with Gasteiger partial charge in [-0.3, -0.25) is 9.48 Å². The van der Waals surface area contributed by atoms with Crippen molar-refractivity contribution < 1.29 is 14.7 Å². The molecule has 0 aromatic carbocycles. The van der Waals surface area contributed by atoms with E-state index in [0.29, 0.717) is 12.2 Å². The Bertz CT molecular complexity index is 393. The van der Waals surface area contributed by atoms with Crippen molar-refractivity contribution in [3.05, 3.63) is 12.4 Å². The first-order chi connectivity index (χ1) is 8.11. The number of aromatic nitrogens is 2. The third kappa shape index (κ3) is 5.25. The molecule has 0 atom stereocenters. The summed E-state index contributed by atoms with van der Waals surface area (Å²) in [7, 11) is 0. The van der Waals surface area contributed by atoms with Gasteiger partial charge in [0.1, 0.15) is 6.54 Å². The molecule has 0 saturated carbocycles. The quantitative estimate of drug-likeness (QED) is 0.644. The van der Waals surface area contributed by atoms with E-state index in [-0.39, 0.29) is 12.6 Å². The largest absolute Gasteiger partial charge is 0.480 e. The molecule has 17 heavy (non-hydrogen) atoms. The molecule has 7 nitrogen and oxygen atoms in total. The molecule has 0 spiro atoms. The maximum absolute atomic E-state index is 11.3. The number of amides is 2. The number of rotatable bonds is 6.